The molecule has 1 aliphatic carbocycles. The Morgan fingerprint density at radius 2 is 1.95 bits per heavy atom. The third kappa shape index (κ3) is 2.63. The fourth-order valence-corrected chi connectivity index (χ4v) is 3.62. The topological polar surface area (TPSA) is 110 Å². The van der Waals surface area contributed by atoms with E-state index in [1.54, 1.807) is 0 Å². The van der Waals surface area contributed by atoms with Crippen molar-refractivity contribution in [2.45, 2.75) is 38.5 Å². The Hall–Kier alpha value is -1.96. The number of hydrazine groups is 1. The van der Waals surface area contributed by atoms with Gasteiger partial charge in [-0.1, -0.05) is 12.8 Å². The molecule has 1 aliphatic heterocycles. The van der Waals surface area contributed by atoms with Crippen LogP contribution < -0.4 is 16.2 Å². The van der Waals surface area contributed by atoms with Crippen LogP contribution in [0.1, 0.15) is 38.5 Å². The highest BCUT2D eigenvalue weighted by atomic mass is 16.6. The Balaban J connectivity index is 1.82. The van der Waals surface area contributed by atoms with Gasteiger partial charge in [-0.25, -0.2) is 10.8 Å². The first kappa shape index (κ1) is 14.0. The van der Waals surface area contributed by atoms with Crippen LogP contribution >= 0.6 is 0 Å². The van der Waals surface area contributed by atoms with Crippen molar-refractivity contribution in [3.05, 3.63) is 16.3 Å². The molecule has 0 atom stereocenters. The molecule has 1 aromatic heterocycles. The lowest BCUT2D eigenvalue weighted by Gasteiger charge is -2.39. The van der Waals surface area contributed by atoms with Crippen LogP contribution in [0, 0.1) is 15.5 Å². The summed E-state index contributed by atoms with van der Waals surface area (Å²) in [6, 6.07) is 0. The van der Waals surface area contributed by atoms with Crippen molar-refractivity contribution in [1.82, 2.24) is 9.97 Å². The average molecular weight is 292 g/mol. The van der Waals surface area contributed by atoms with Crippen molar-refractivity contribution >= 4 is 17.5 Å². The molecular weight excluding hydrogens is 272 g/mol. The maximum atomic E-state index is 11.2. The molecule has 3 rings (SSSR count). The molecule has 114 valence electrons. The number of anilines is 2. The van der Waals surface area contributed by atoms with E-state index < -0.39 is 4.92 Å². The van der Waals surface area contributed by atoms with Gasteiger partial charge < -0.3 is 4.90 Å². The van der Waals surface area contributed by atoms with Crippen LogP contribution in [0.4, 0.5) is 17.5 Å². The van der Waals surface area contributed by atoms with E-state index in [0.29, 0.717) is 11.2 Å². The minimum atomic E-state index is -0.435. The summed E-state index contributed by atoms with van der Waals surface area (Å²) in [5.74, 6) is 5.88. The number of aromatic nitrogens is 2. The zero-order valence-corrected chi connectivity index (χ0v) is 11.9. The van der Waals surface area contributed by atoms with Crippen LogP contribution in [0.3, 0.4) is 0 Å². The molecule has 2 fully saturated rings. The minimum Gasteiger partial charge on any atom is -0.351 e. The highest BCUT2D eigenvalue weighted by molar-refractivity contribution is 5.59. The lowest BCUT2D eigenvalue weighted by molar-refractivity contribution is -0.384. The number of hydrogen-bond acceptors (Lipinski definition) is 7. The summed E-state index contributed by atoms with van der Waals surface area (Å²) in [6.45, 7) is 1.61. The molecule has 2 heterocycles. The van der Waals surface area contributed by atoms with Gasteiger partial charge in [0.1, 0.15) is 6.20 Å². The van der Waals surface area contributed by atoms with Gasteiger partial charge in [-0.2, -0.15) is 4.98 Å². The van der Waals surface area contributed by atoms with E-state index in [9.17, 15) is 10.1 Å². The lowest BCUT2D eigenvalue weighted by Crippen LogP contribution is -2.39. The molecule has 2 aliphatic rings. The van der Waals surface area contributed by atoms with Gasteiger partial charge in [-0.05, 0) is 31.1 Å². The van der Waals surface area contributed by atoms with E-state index >= 15 is 0 Å². The van der Waals surface area contributed by atoms with Crippen LogP contribution in [0.5, 0.6) is 0 Å². The molecule has 0 aromatic carbocycles. The summed E-state index contributed by atoms with van der Waals surface area (Å²) in [7, 11) is 0. The molecule has 0 bridgehead atoms. The van der Waals surface area contributed by atoms with E-state index in [1.165, 1.54) is 31.9 Å². The lowest BCUT2D eigenvalue weighted by atomic mass is 9.77. The van der Waals surface area contributed by atoms with Crippen molar-refractivity contribution in [1.29, 1.82) is 0 Å². The third-order valence-corrected chi connectivity index (χ3v) is 4.86. The molecule has 1 saturated heterocycles. The molecule has 3 N–H and O–H groups in total. The summed E-state index contributed by atoms with van der Waals surface area (Å²) in [5, 5.41) is 11.2. The molecule has 1 spiro atoms. The number of nitrogens with zero attached hydrogens (tertiary/aromatic N) is 4. The van der Waals surface area contributed by atoms with Gasteiger partial charge in [0.2, 0.25) is 11.8 Å². The Morgan fingerprint density at radius 1 is 1.29 bits per heavy atom. The summed E-state index contributed by atoms with van der Waals surface area (Å²) in [6.07, 6.45) is 8.60. The number of nitrogens with two attached hydrogens (primary N) is 1. The maximum Gasteiger partial charge on any atom is 0.329 e. The largest absolute Gasteiger partial charge is 0.351 e. The molecule has 8 heteroatoms. The van der Waals surface area contributed by atoms with Gasteiger partial charge in [0.15, 0.2) is 0 Å². The van der Waals surface area contributed by atoms with E-state index in [-0.39, 0.29) is 11.6 Å². The van der Waals surface area contributed by atoms with Gasteiger partial charge in [0.05, 0.1) is 4.92 Å². The highest BCUT2D eigenvalue weighted by Crippen LogP contribution is 2.47. The molecule has 0 radical (unpaired) electrons. The quantitative estimate of drug-likeness (QED) is 0.496. The van der Waals surface area contributed by atoms with E-state index in [2.05, 4.69) is 15.4 Å². The first-order valence-corrected chi connectivity index (χ1v) is 7.37. The fourth-order valence-electron chi connectivity index (χ4n) is 3.62. The molecule has 1 aromatic rings. The van der Waals surface area contributed by atoms with Gasteiger partial charge in [-0.3, -0.25) is 15.5 Å². The first-order chi connectivity index (χ1) is 10.1. The summed E-state index contributed by atoms with van der Waals surface area (Å²) in [4.78, 5) is 20.7. The minimum absolute atomic E-state index is 0.0589. The van der Waals surface area contributed by atoms with E-state index in [1.807, 2.05) is 4.90 Å². The smallest absolute Gasteiger partial charge is 0.329 e. The van der Waals surface area contributed by atoms with E-state index in [4.69, 9.17) is 5.84 Å². The van der Waals surface area contributed by atoms with E-state index in [0.717, 1.165) is 25.9 Å². The molecule has 0 unspecified atom stereocenters. The van der Waals surface area contributed by atoms with Gasteiger partial charge in [-0.15, -0.1) is 0 Å². The average Bonchev–Trinajstić information content (AvgIpc) is 2.95. The van der Waals surface area contributed by atoms with Crippen molar-refractivity contribution in [2.24, 2.45) is 11.3 Å². The number of nitrogen functional groups attached to an aromatic ring is 1. The van der Waals surface area contributed by atoms with Crippen LogP contribution in [0.25, 0.3) is 0 Å². The van der Waals surface area contributed by atoms with Crippen LogP contribution in [0.15, 0.2) is 6.20 Å². The summed E-state index contributed by atoms with van der Waals surface area (Å²) < 4.78 is 0. The zero-order valence-electron chi connectivity index (χ0n) is 11.9. The van der Waals surface area contributed by atoms with Crippen LogP contribution in [0.2, 0.25) is 0 Å². The van der Waals surface area contributed by atoms with Crippen molar-refractivity contribution < 1.29 is 4.92 Å². The van der Waals surface area contributed by atoms with Crippen molar-refractivity contribution in [3.63, 3.8) is 0 Å². The second kappa shape index (κ2) is 5.44. The summed E-state index contributed by atoms with van der Waals surface area (Å²) >= 11 is 0. The second-order valence-corrected chi connectivity index (χ2v) is 6.00. The standard InChI is InChI=1S/C13H20N6O2/c14-17-12-15-9-10(19(20)21)11(16-12)18-7-5-13(6-8-18)3-1-2-4-13/h9H,1-8,14H2,(H,15,16,17). The zero-order chi connectivity index (χ0) is 14.9. The molecule has 0 amide bonds. The highest BCUT2D eigenvalue weighted by Gasteiger charge is 2.38. The van der Waals surface area contributed by atoms with Gasteiger partial charge >= 0.3 is 5.69 Å². The SMILES string of the molecule is NNc1ncc([N+](=O)[O-])c(N2CCC3(CCCC3)CC2)n1. The third-order valence-electron chi connectivity index (χ3n) is 4.86. The Morgan fingerprint density at radius 3 is 2.52 bits per heavy atom. The molecular formula is C13H20N6O2. The van der Waals surface area contributed by atoms with Gasteiger partial charge in [0, 0.05) is 13.1 Å². The fraction of sp³-hybridized carbons (Fsp3) is 0.692. The molecule has 21 heavy (non-hydrogen) atoms. The van der Waals surface area contributed by atoms with Gasteiger partial charge in [0.25, 0.3) is 0 Å². The van der Waals surface area contributed by atoms with Crippen molar-refractivity contribution in [2.75, 3.05) is 23.4 Å². The van der Waals surface area contributed by atoms with Crippen LogP contribution in [-0.2, 0) is 0 Å². The first-order valence-electron chi connectivity index (χ1n) is 7.37. The number of nitrogens with one attached hydrogen (secondary N) is 1. The Labute approximate surface area is 122 Å². The predicted molar refractivity (Wildman–Crippen MR) is 78.8 cm³/mol. The Bertz CT molecular complexity index is 533. The predicted octanol–water partition coefficient (Wildman–Crippen LogP) is 1.83. The molecule has 8 nitrogen and oxygen atoms in total. The summed E-state index contributed by atoms with van der Waals surface area (Å²) in [5.41, 5.74) is 2.76. The van der Waals surface area contributed by atoms with Crippen LogP contribution in [-0.4, -0.2) is 28.0 Å². The number of hydrogen-bond donors (Lipinski definition) is 2. The second-order valence-electron chi connectivity index (χ2n) is 6.00. The monoisotopic (exact) mass is 292 g/mol. The molecule has 1 saturated carbocycles. The van der Waals surface area contributed by atoms with Crippen molar-refractivity contribution in [3.8, 4) is 0 Å². The maximum absolute atomic E-state index is 11.2. The number of nitro groups is 1. The Kier molecular flexibility index (Phi) is 3.62. The number of rotatable bonds is 3. The normalized spacial score (nSPS) is 20.7. The number of piperidine rings is 1.